The zero-order chi connectivity index (χ0) is 20.8. The monoisotopic (exact) mass is 458 g/mol. The number of hydroxylamine groups is 1. The average Bonchev–Trinajstić information content (AvgIpc) is 3.09. The van der Waals surface area contributed by atoms with E-state index in [9.17, 15) is 9.59 Å². The molecule has 0 unspecified atom stereocenters. The Morgan fingerprint density at radius 3 is 2.48 bits per heavy atom. The van der Waals surface area contributed by atoms with Crippen LogP contribution >= 0.6 is 0 Å². The molecule has 0 aliphatic rings. The fourth-order valence-electron chi connectivity index (χ4n) is 2.94. The molecule has 1 heterocycles. The molecule has 2 aromatic carbocycles. The van der Waals surface area contributed by atoms with E-state index in [-0.39, 0.29) is 12.5 Å². The number of rotatable bonds is 8. The van der Waals surface area contributed by atoms with Gasteiger partial charge in [0.15, 0.2) is 0 Å². The number of fused-ring (bicyclic) bond motifs is 1. The average molecular weight is 458 g/mol. The topological polar surface area (TPSA) is 101 Å². The molecule has 3 rings (SSSR count). The molecule has 0 aliphatic carbocycles. The van der Waals surface area contributed by atoms with Crippen LogP contribution in [0.5, 0.6) is 5.75 Å². The van der Waals surface area contributed by atoms with Crippen LogP contribution < -0.4 is 15.5 Å². The van der Waals surface area contributed by atoms with E-state index < -0.39 is 20.6 Å². The second-order valence-corrected chi connectivity index (χ2v) is 11.9. The third-order valence-corrected chi connectivity index (χ3v) is 6.24. The maximum absolute atomic E-state index is 12.7. The molecule has 0 fully saturated rings. The van der Waals surface area contributed by atoms with Crippen molar-refractivity contribution >= 4 is 37.4 Å². The Morgan fingerprint density at radius 1 is 1.07 bits per heavy atom. The molecular weight excluding hydrogens is 435 g/mol. The van der Waals surface area contributed by atoms with Crippen LogP contribution in [0.2, 0.25) is 11.4 Å². The van der Waals surface area contributed by atoms with E-state index >= 15 is 0 Å². The van der Waals surface area contributed by atoms with Crippen LogP contribution in [0.4, 0.5) is 0 Å². The number of furan rings is 1. The molecule has 0 aliphatic heterocycles. The van der Waals surface area contributed by atoms with Crippen molar-refractivity contribution in [1.29, 1.82) is 0 Å². The zero-order valence-electron chi connectivity index (χ0n) is 16.3. The minimum absolute atomic E-state index is 0.245. The van der Waals surface area contributed by atoms with Gasteiger partial charge < -0.3 is 0 Å². The van der Waals surface area contributed by atoms with Gasteiger partial charge in [-0.25, -0.2) is 5.48 Å². The molecule has 1 aromatic heterocycles. The second kappa shape index (κ2) is 9.63. The van der Waals surface area contributed by atoms with Gasteiger partial charge in [-0.1, -0.05) is 0 Å². The number of nitrogens with one attached hydrogen (secondary N) is 2. The normalized spacial score (nSPS) is 10.9. The molecule has 0 saturated carbocycles. The Hall–Kier alpha value is -2.76. The van der Waals surface area contributed by atoms with Crippen molar-refractivity contribution in [3.8, 4) is 5.75 Å². The van der Waals surface area contributed by atoms with Crippen LogP contribution in [-0.2, 0) is 5.21 Å². The van der Waals surface area contributed by atoms with Gasteiger partial charge in [-0.3, -0.25) is 10.0 Å². The molecule has 0 atom stereocenters. The second-order valence-electron chi connectivity index (χ2n) is 6.71. The van der Waals surface area contributed by atoms with Gasteiger partial charge in [-0.15, -0.1) is 0 Å². The number of amides is 2. The quantitative estimate of drug-likeness (QED) is 0.208. The summed E-state index contributed by atoms with van der Waals surface area (Å²) in [5, 5.41) is 13.4. The van der Waals surface area contributed by atoms with Crippen LogP contribution in [0.3, 0.4) is 0 Å². The Labute approximate surface area is 173 Å². The zero-order valence-corrected chi connectivity index (χ0v) is 18.1. The molecule has 29 heavy (non-hydrogen) atoms. The summed E-state index contributed by atoms with van der Waals surface area (Å²) in [6.07, 6.45) is 0. The van der Waals surface area contributed by atoms with Crippen LogP contribution in [-0.4, -0.2) is 44.8 Å². The fraction of sp³-hybridized carbons (Fsp3) is 0.238. The van der Waals surface area contributed by atoms with Crippen LogP contribution in [0.25, 0.3) is 11.0 Å². The summed E-state index contributed by atoms with van der Waals surface area (Å²) in [6.45, 7) is 0.583. The van der Waals surface area contributed by atoms with Gasteiger partial charge in [-0.05, 0) is 0 Å². The van der Waals surface area contributed by atoms with E-state index in [0.717, 1.165) is 21.7 Å². The third kappa shape index (κ3) is 5.19. The standard InChI is InChI=1S/C21H23AsN2O5/c1-22(2)13-17-16-5-3-4-6-18(16)29-19(17)21(26)23-11-12-28-15-9-7-14(8-10-15)20(25)24-27/h3-10,27H,11-13H2,1-2H3,(H,23,26)(H,24,25). The number of carbonyl (C=O) groups excluding carboxylic acids is 2. The van der Waals surface area contributed by atoms with Crippen molar-refractivity contribution in [3.05, 3.63) is 65.4 Å². The third-order valence-electron chi connectivity index (χ3n) is 4.25. The molecule has 7 nitrogen and oxygen atoms in total. The molecule has 8 heteroatoms. The first-order valence-electron chi connectivity index (χ1n) is 9.10. The van der Waals surface area contributed by atoms with Crippen molar-refractivity contribution in [3.63, 3.8) is 0 Å². The Kier molecular flexibility index (Phi) is 6.96. The van der Waals surface area contributed by atoms with Crippen molar-refractivity contribution < 1.29 is 24.0 Å². The Bertz CT molecular complexity index is 998. The van der Waals surface area contributed by atoms with E-state index in [1.54, 1.807) is 17.6 Å². The van der Waals surface area contributed by atoms with E-state index in [4.69, 9.17) is 14.4 Å². The fourth-order valence-corrected chi connectivity index (χ4v) is 4.92. The Morgan fingerprint density at radius 2 is 1.79 bits per heavy atom. The SMILES string of the molecule is C[As](C)Cc1c(C(=O)NCCOc2ccc(C(=O)NO)cc2)oc2ccccc12. The van der Waals surface area contributed by atoms with Gasteiger partial charge >= 0.3 is 152 Å². The van der Waals surface area contributed by atoms with Crippen molar-refractivity contribution in [1.82, 2.24) is 10.8 Å². The van der Waals surface area contributed by atoms with Gasteiger partial charge in [0.25, 0.3) is 5.91 Å². The molecule has 3 N–H and O–H groups in total. The molecule has 152 valence electrons. The van der Waals surface area contributed by atoms with Crippen molar-refractivity contribution in [2.45, 2.75) is 16.6 Å². The number of ether oxygens (including phenoxy) is 1. The van der Waals surface area contributed by atoms with Crippen LogP contribution in [0, 0.1) is 0 Å². The summed E-state index contributed by atoms with van der Waals surface area (Å²) in [5.74, 6) is 0.110. The number of carbonyl (C=O) groups is 2. The number of para-hydroxylation sites is 1. The number of benzene rings is 2. The van der Waals surface area contributed by atoms with Gasteiger partial charge in [-0.2, -0.15) is 0 Å². The van der Waals surface area contributed by atoms with Gasteiger partial charge in [0, 0.05) is 0 Å². The van der Waals surface area contributed by atoms with Gasteiger partial charge in [0.2, 0.25) is 0 Å². The summed E-state index contributed by atoms with van der Waals surface area (Å²) >= 11 is -1.00. The van der Waals surface area contributed by atoms with Crippen LogP contribution in [0.1, 0.15) is 26.5 Å². The predicted octanol–water partition coefficient (Wildman–Crippen LogP) is 3.20. The first kappa shape index (κ1) is 21.0. The molecule has 2 amide bonds. The summed E-state index contributed by atoms with van der Waals surface area (Å²) in [6, 6.07) is 14.0. The first-order valence-corrected chi connectivity index (χ1v) is 14.2. The summed E-state index contributed by atoms with van der Waals surface area (Å²) < 4.78 is 11.4. The molecule has 3 aromatic rings. The van der Waals surface area contributed by atoms with E-state index in [0.29, 0.717) is 23.6 Å². The van der Waals surface area contributed by atoms with Gasteiger partial charge in [0.05, 0.1) is 0 Å². The summed E-state index contributed by atoms with van der Waals surface area (Å²) in [7, 11) is 0. The minimum atomic E-state index is -1.00. The number of hydrogen-bond acceptors (Lipinski definition) is 5. The maximum atomic E-state index is 12.7. The van der Waals surface area contributed by atoms with Crippen molar-refractivity contribution in [2.24, 2.45) is 0 Å². The van der Waals surface area contributed by atoms with Crippen LogP contribution in [0.15, 0.2) is 52.9 Å². The molecule has 0 radical (unpaired) electrons. The molecule has 0 spiro atoms. The van der Waals surface area contributed by atoms with E-state index in [2.05, 4.69) is 16.7 Å². The summed E-state index contributed by atoms with van der Waals surface area (Å²) in [4.78, 5) is 24.0. The number of hydrogen-bond donors (Lipinski definition) is 3. The van der Waals surface area contributed by atoms with E-state index in [1.165, 1.54) is 12.1 Å². The Balaban J connectivity index is 1.59. The van der Waals surface area contributed by atoms with Crippen molar-refractivity contribution in [2.75, 3.05) is 13.2 Å². The molecule has 0 bridgehead atoms. The van der Waals surface area contributed by atoms with Gasteiger partial charge in [0.1, 0.15) is 0 Å². The van der Waals surface area contributed by atoms with E-state index in [1.807, 2.05) is 24.3 Å². The molecular formula is C21H23AsN2O5. The predicted molar refractivity (Wildman–Crippen MR) is 111 cm³/mol. The summed E-state index contributed by atoms with van der Waals surface area (Å²) in [5.41, 5.74) is 8.11. The molecule has 0 saturated heterocycles. The first-order chi connectivity index (χ1) is 14.0.